The first kappa shape index (κ1) is 14.5. The molecule has 0 aromatic heterocycles. The molecule has 1 heterocycles. The largest absolute Gasteiger partial charge is 0.378 e. The van der Waals surface area contributed by atoms with E-state index in [1.54, 1.807) is 24.3 Å². The Bertz CT molecular complexity index is 510. The smallest absolute Gasteiger partial charge is 0.238 e. The van der Waals surface area contributed by atoms with Crippen LogP contribution in [0.1, 0.15) is 18.9 Å². The maximum Gasteiger partial charge on any atom is 0.238 e. The molecule has 0 radical (unpaired) electrons. The van der Waals surface area contributed by atoms with Crippen LogP contribution in [0.5, 0.6) is 0 Å². The Morgan fingerprint density at radius 3 is 3.10 bits per heavy atom. The van der Waals surface area contributed by atoms with Crippen molar-refractivity contribution in [3.8, 4) is 6.07 Å². The summed E-state index contributed by atoms with van der Waals surface area (Å²) in [5, 5.41) is 11.8. The second kappa shape index (κ2) is 7.04. The Hall–Kier alpha value is -1.90. The Kier molecular flexibility index (Phi) is 5.10. The Labute approximate surface area is 119 Å². The van der Waals surface area contributed by atoms with E-state index in [9.17, 15) is 4.79 Å². The van der Waals surface area contributed by atoms with Crippen molar-refractivity contribution in [1.82, 2.24) is 4.90 Å². The summed E-state index contributed by atoms with van der Waals surface area (Å²) in [5.74, 6) is -0.0898. The Balaban J connectivity index is 1.97. The zero-order valence-corrected chi connectivity index (χ0v) is 11.6. The number of amides is 1. The van der Waals surface area contributed by atoms with Crippen LogP contribution in [0.3, 0.4) is 0 Å². The number of nitrogens with zero attached hydrogens (tertiary/aromatic N) is 2. The van der Waals surface area contributed by atoms with Gasteiger partial charge >= 0.3 is 0 Å². The van der Waals surface area contributed by atoms with Crippen LogP contribution in [0.4, 0.5) is 5.69 Å². The SMILES string of the molecule is CCC1COCCN1CC(=O)Nc1ccccc1C#N. The van der Waals surface area contributed by atoms with Gasteiger partial charge in [-0.1, -0.05) is 19.1 Å². The summed E-state index contributed by atoms with van der Waals surface area (Å²) in [6.07, 6.45) is 0.960. The molecule has 1 N–H and O–H groups in total. The van der Waals surface area contributed by atoms with E-state index in [2.05, 4.69) is 23.2 Å². The van der Waals surface area contributed by atoms with Crippen LogP contribution >= 0.6 is 0 Å². The molecule has 2 rings (SSSR count). The third kappa shape index (κ3) is 3.56. The molecule has 106 valence electrons. The van der Waals surface area contributed by atoms with Gasteiger partial charge in [0.2, 0.25) is 5.91 Å². The monoisotopic (exact) mass is 273 g/mol. The van der Waals surface area contributed by atoms with Gasteiger partial charge in [0, 0.05) is 12.6 Å². The van der Waals surface area contributed by atoms with Crippen molar-refractivity contribution >= 4 is 11.6 Å². The lowest BCUT2D eigenvalue weighted by molar-refractivity contribution is -0.119. The first-order valence-corrected chi connectivity index (χ1v) is 6.85. The predicted molar refractivity (Wildman–Crippen MR) is 76.3 cm³/mol. The minimum atomic E-state index is -0.0898. The molecule has 0 saturated carbocycles. The summed E-state index contributed by atoms with van der Waals surface area (Å²) in [4.78, 5) is 14.2. The minimum absolute atomic E-state index is 0.0898. The Morgan fingerprint density at radius 2 is 2.35 bits per heavy atom. The standard InChI is InChI=1S/C15H19N3O2/c1-2-13-11-20-8-7-18(13)10-15(19)17-14-6-4-3-5-12(14)9-16/h3-6,13H,2,7-8,10-11H2,1H3,(H,17,19). The molecule has 1 unspecified atom stereocenters. The van der Waals surface area contributed by atoms with Crippen molar-refractivity contribution in [2.24, 2.45) is 0 Å². The molecule has 1 saturated heterocycles. The van der Waals surface area contributed by atoms with Crippen molar-refractivity contribution in [3.05, 3.63) is 29.8 Å². The number of morpholine rings is 1. The topological polar surface area (TPSA) is 65.4 Å². The van der Waals surface area contributed by atoms with E-state index < -0.39 is 0 Å². The van der Waals surface area contributed by atoms with Gasteiger partial charge in [0.05, 0.1) is 31.0 Å². The van der Waals surface area contributed by atoms with Gasteiger partial charge < -0.3 is 10.1 Å². The summed E-state index contributed by atoms with van der Waals surface area (Å²) in [5.41, 5.74) is 1.05. The normalized spacial score (nSPS) is 19.3. The van der Waals surface area contributed by atoms with Crippen LogP contribution in [0.25, 0.3) is 0 Å². The van der Waals surface area contributed by atoms with Crippen LogP contribution in [0.15, 0.2) is 24.3 Å². The molecule has 5 heteroatoms. The number of anilines is 1. The number of ether oxygens (including phenoxy) is 1. The van der Waals surface area contributed by atoms with Gasteiger partial charge in [0.15, 0.2) is 0 Å². The lowest BCUT2D eigenvalue weighted by Gasteiger charge is -2.34. The third-order valence-corrected chi connectivity index (χ3v) is 3.49. The fraction of sp³-hybridized carbons (Fsp3) is 0.467. The number of carbonyl (C=O) groups excluding carboxylic acids is 1. The average molecular weight is 273 g/mol. The number of hydrogen-bond acceptors (Lipinski definition) is 4. The van der Waals surface area contributed by atoms with Crippen molar-refractivity contribution in [2.75, 3.05) is 31.6 Å². The second-order valence-corrected chi connectivity index (χ2v) is 4.81. The number of hydrogen-bond donors (Lipinski definition) is 1. The van der Waals surface area contributed by atoms with Crippen molar-refractivity contribution in [1.29, 1.82) is 5.26 Å². The van der Waals surface area contributed by atoms with Crippen LogP contribution in [-0.4, -0.2) is 43.2 Å². The molecule has 0 bridgehead atoms. The number of nitrogens with one attached hydrogen (secondary N) is 1. The molecule has 1 aromatic carbocycles. The van der Waals surface area contributed by atoms with E-state index in [1.165, 1.54) is 0 Å². The zero-order chi connectivity index (χ0) is 14.4. The summed E-state index contributed by atoms with van der Waals surface area (Å²) in [7, 11) is 0. The summed E-state index contributed by atoms with van der Waals surface area (Å²) < 4.78 is 5.42. The number of para-hydroxylation sites is 1. The molecule has 1 aromatic rings. The Morgan fingerprint density at radius 1 is 1.55 bits per heavy atom. The lowest BCUT2D eigenvalue weighted by atomic mass is 10.1. The summed E-state index contributed by atoms with van der Waals surface area (Å²) in [6.45, 7) is 4.54. The van der Waals surface area contributed by atoms with Crippen molar-refractivity contribution < 1.29 is 9.53 Å². The number of rotatable bonds is 4. The highest BCUT2D eigenvalue weighted by molar-refractivity contribution is 5.93. The molecule has 0 spiro atoms. The molecular formula is C15H19N3O2. The maximum atomic E-state index is 12.1. The fourth-order valence-electron chi connectivity index (χ4n) is 2.34. The van der Waals surface area contributed by atoms with E-state index in [1.807, 2.05) is 0 Å². The molecule has 1 aliphatic heterocycles. The fourth-order valence-corrected chi connectivity index (χ4v) is 2.34. The van der Waals surface area contributed by atoms with Gasteiger partial charge in [-0.25, -0.2) is 0 Å². The molecule has 1 aliphatic rings. The third-order valence-electron chi connectivity index (χ3n) is 3.49. The van der Waals surface area contributed by atoms with E-state index in [0.717, 1.165) is 13.0 Å². The highest BCUT2D eigenvalue weighted by atomic mass is 16.5. The van der Waals surface area contributed by atoms with Crippen LogP contribution < -0.4 is 5.32 Å². The van der Waals surface area contributed by atoms with Gasteiger partial charge in [0.25, 0.3) is 0 Å². The van der Waals surface area contributed by atoms with E-state index in [0.29, 0.717) is 37.1 Å². The summed E-state index contributed by atoms with van der Waals surface area (Å²) in [6, 6.07) is 9.39. The second-order valence-electron chi connectivity index (χ2n) is 4.81. The number of nitriles is 1. The highest BCUT2D eigenvalue weighted by Gasteiger charge is 2.23. The van der Waals surface area contributed by atoms with Crippen LogP contribution in [0, 0.1) is 11.3 Å². The first-order valence-electron chi connectivity index (χ1n) is 6.85. The predicted octanol–water partition coefficient (Wildman–Crippen LogP) is 1.61. The van der Waals surface area contributed by atoms with Crippen LogP contribution in [0.2, 0.25) is 0 Å². The van der Waals surface area contributed by atoms with Crippen LogP contribution in [-0.2, 0) is 9.53 Å². The quantitative estimate of drug-likeness (QED) is 0.905. The van der Waals surface area contributed by atoms with Gasteiger partial charge in [0.1, 0.15) is 6.07 Å². The zero-order valence-electron chi connectivity index (χ0n) is 11.6. The van der Waals surface area contributed by atoms with E-state index in [4.69, 9.17) is 10.00 Å². The van der Waals surface area contributed by atoms with Crippen molar-refractivity contribution in [3.63, 3.8) is 0 Å². The molecule has 1 atom stereocenters. The van der Waals surface area contributed by atoms with E-state index in [-0.39, 0.29) is 5.91 Å². The lowest BCUT2D eigenvalue weighted by Crippen LogP contribution is -2.48. The molecule has 1 amide bonds. The van der Waals surface area contributed by atoms with Crippen molar-refractivity contribution in [2.45, 2.75) is 19.4 Å². The average Bonchev–Trinajstić information content (AvgIpc) is 2.48. The highest BCUT2D eigenvalue weighted by Crippen LogP contribution is 2.14. The van der Waals surface area contributed by atoms with Gasteiger partial charge in [-0.15, -0.1) is 0 Å². The molecule has 20 heavy (non-hydrogen) atoms. The van der Waals surface area contributed by atoms with E-state index >= 15 is 0 Å². The van der Waals surface area contributed by atoms with Gasteiger partial charge in [-0.05, 0) is 18.6 Å². The molecular weight excluding hydrogens is 254 g/mol. The molecule has 5 nitrogen and oxygen atoms in total. The minimum Gasteiger partial charge on any atom is -0.378 e. The molecule has 1 fully saturated rings. The number of carbonyl (C=O) groups is 1. The van der Waals surface area contributed by atoms with Gasteiger partial charge in [-0.2, -0.15) is 5.26 Å². The molecule has 0 aliphatic carbocycles. The maximum absolute atomic E-state index is 12.1. The summed E-state index contributed by atoms with van der Waals surface area (Å²) >= 11 is 0. The first-order chi connectivity index (χ1) is 9.74. The number of benzene rings is 1. The van der Waals surface area contributed by atoms with Gasteiger partial charge in [-0.3, -0.25) is 9.69 Å².